The predicted octanol–water partition coefficient (Wildman–Crippen LogP) is 5.60. The number of hydrogen-bond donors (Lipinski definition) is 0. The van der Waals surface area contributed by atoms with E-state index < -0.39 is 0 Å². The van der Waals surface area contributed by atoms with Crippen molar-refractivity contribution in [3.8, 4) is 5.75 Å². The number of methoxy groups -OCH3 is 1. The molecular formula is C14H17BrOS2. The summed E-state index contributed by atoms with van der Waals surface area (Å²) in [7, 11) is 1.71. The van der Waals surface area contributed by atoms with E-state index in [-0.39, 0.29) is 10.2 Å². The fourth-order valence-electron chi connectivity index (χ4n) is 1.61. The Balaban J connectivity index is 2.23. The van der Waals surface area contributed by atoms with Gasteiger partial charge < -0.3 is 4.74 Å². The molecule has 2 aromatic rings. The highest BCUT2D eigenvalue weighted by Crippen LogP contribution is 2.41. The number of alkyl halides is 1. The van der Waals surface area contributed by atoms with Crippen molar-refractivity contribution in [3.63, 3.8) is 0 Å². The highest BCUT2D eigenvalue weighted by atomic mass is 79.9. The molecule has 0 fully saturated rings. The fraction of sp³-hybridized carbons (Fsp3) is 0.429. The maximum atomic E-state index is 5.23. The first-order chi connectivity index (χ1) is 8.41. The van der Waals surface area contributed by atoms with Crippen LogP contribution in [-0.4, -0.2) is 7.11 Å². The molecule has 1 nitrogen and oxygen atoms in total. The molecule has 0 radical (unpaired) electrons. The molecule has 2 aromatic heterocycles. The molecule has 0 aromatic carbocycles. The molecule has 0 spiro atoms. The van der Waals surface area contributed by atoms with E-state index in [4.69, 9.17) is 4.74 Å². The van der Waals surface area contributed by atoms with E-state index in [1.807, 2.05) is 16.7 Å². The van der Waals surface area contributed by atoms with Gasteiger partial charge >= 0.3 is 0 Å². The number of thiophene rings is 2. The van der Waals surface area contributed by atoms with Crippen LogP contribution in [0.1, 0.15) is 40.2 Å². The molecule has 1 atom stereocenters. The maximum absolute atomic E-state index is 5.23. The van der Waals surface area contributed by atoms with Gasteiger partial charge in [-0.2, -0.15) is 0 Å². The molecule has 0 aliphatic heterocycles. The minimum absolute atomic E-state index is 0.225. The Labute approximate surface area is 125 Å². The summed E-state index contributed by atoms with van der Waals surface area (Å²) in [5.74, 6) is 0.937. The summed E-state index contributed by atoms with van der Waals surface area (Å²) in [5, 5.41) is 2.04. The second kappa shape index (κ2) is 5.35. The first-order valence-corrected chi connectivity index (χ1v) is 8.39. The molecule has 0 bridgehead atoms. The highest BCUT2D eigenvalue weighted by Gasteiger charge is 2.20. The molecular weight excluding hydrogens is 328 g/mol. The molecule has 0 amide bonds. The number of ether oxygens (including phenoxy) is 1. The lowest BCUT2D eigenvalue weighted by Crippen LogP contribution is -2.07. The molecule has 0 N–H and O–H groups in total. The smallest absolute Gasteiger partial charge is 0.129 e. The molecule has 4 heteroatoms. The molecule has 0 aliphatic rings. The SMILES string of the molecule is COc1csc(C(Br)c2ccc(C(C)(C)C)s2)c1. The summed E-state index contributed by atoms with van der Waals surface area (Å²) in [6, 6.07) is 6.55. The Bertz CT molecular complexity index is 522. The van der Waals surface area contributed by atoms with E-state index in [1.165, 1.54) is 14.6 Å². The second-order valence-corrected chi connectivity index (χ2v) is 8.18. The van der Waals surface area contributed by atoms with Gasteiger partial charge in [-0.15, -0.1) is 22.7 Å². The highest BCUT2D eigenvalue weighted by molar-refractivity contribution is 9.09. The van der Waals surface area contributed by atoms with Gasteiger partial charge in [0.1, 0.15) is 5.75 Å². The van der Waals surface area contributed by atoms with Crippen LogP contribution in [0.5, 0.6) is 5.75 Å². The van der Waals surface area contributed by atoms with E-state index in [0.717, 1.165) is 5.75 Å². The van der Waals surface area contributed by atoms with Gasteiger partial charge in [0.25, 0.3) is 0 Å². The van der Waals surface area contributed by atoms with Crippen LogP contribution in [0.15, 0.2) is 23.6 Å². The van der Waals surface area contributed by atoms with E-state index >= 15 is 0 Å². The van der Waals surface area contributed by atoms with Crippen molar-refractivity contribution in [3.05, 3.63) is 38.2 Å². The largest absolute Gasteiger partial charge is 0.496 e. The minimum atomic E-state index is 0.225. The van der Waals surface area contributed by atoms with Crippen molar-refractivity contribution >= 4 is 38.6 Å². The standard InChI is InChI=1S/C14H17BrOS2/c1-14(2,3)12-6-5-10(18-12)13(15)11-7-9(16-4)8-17-11/h5-8,13H,1-4H3. The Morgan fingerprint density at radius 3 is 2.44 bits per heavy atom. The van der Waals surface area contributed by atoms with Gasteiger partial charge in [-0.25, -0.2) is 0 Å². The van der Waals surface area contributed by atoms with Crippen molar-refractivity contribution in [2.45, 2.75) is 31.0 Å². The summed E-state index contributed by atoms with van der Waals surface area (Å²) in [6.45, 7) is 6.75. The van der Waals surface area contributed by atoms with Crippen molar-refractivity contribution < 1.29 is 4.74 Å². The zero-order valence-electron chi connectivity index (χ0n) is 11.0. The zero-order chi connectivity index (χ0) is 13.3. The van der Waals surface area contributed by atoms with Crippen LogP contribution in [0.2, 0.25) is 0 Å². The van der Waals surface area contributed by atoms with E-state index in [2.05, 4.69) is 54.9 Å². The van der Waals surface area contributed by atoms with E-state index in [9.17, 15) is 0 Å². The molecule has 2 heterocycles. The molecule has 2 rings (SSSR count). The van der Waals surface area contributed by atoms with Gasteiger partial charge in [0.2, 0.25) is 0 Å². The molecule has 18 heavy (non-hydrogen) atoms. The maximum Gasteiger partial charge on any atom is 0.129 e. The van der Waals surface area contributed by atoms with Gasteiger partial charge in [0.05, 0.1) is 11.9 Å². The zero-order valence-corrected chi connectivity index (χ0v) is 14.2. The third-order valence-electron chi connectivity index (χ3n) is 2.70. The second-order valence-electron chi connectivity index (χ2n) is 5.20. The first kappa shape index (κ1) is 14.1. The van der Waals surface area contributed by atoms with Crippen LogP contribution in [0.25, 0.3) is 0 Å². The fourth-order valence-corrected chi connectivity index (χ4v) is 4.48. The first-order valence-electron chi connectivity index (χ1n) is 5.78. The van der Waals surface area contributed by atoms with Crippen LogP contribution < -0.4 is 4.74 Å². The summed E-state index contributed by atoms with van der Waals surface area (Å²) < 4.78 is 5.23. The lowest BCUT2D eigenvalue weighted by molar-refractivity contribution is 0.416. The Morgan fingerprint density at radius 1 is 1.22 bits per heavy atom. The van der Waals surface area contributed by atoms with Crippen molar-refractivity contribution in [2.24, 2.45) is 0 Å². The van der Waals surface area contributed by atoms with Gasteiger partial charge in [0.15, 0.2) is 0 Å². The van der Waals surface area contributed by atoms with Crippen molar-refractivity contribution in [2.75, 3.05) is 7.11 Å². The van der Waals surface area contributed by atoms with Gasteiger partial charge in [0, 0.05) is 20.0 Å². The van der Waals surface area contributed by atoms with Gasteiger partial charge in [-0.05, 0) is 23.6 Å². The average Bonchev–Trinajstić information content (AvgIpc) is 2.96. The minimum Gasteiger partial charge on any atom is -0.496 e. The number of rotatable bonds is 3. The third-order valence-corrected chi connectivity index (χ3v) is 6.84. The molecule has 98 valence electrons. The van der Waals surface area contributed by atoms with Crippen molar-refractivity contribution in [1.82, 2.24) is 0 Å². The van der Waals surface area contributed by atoms with Crippen LogP contribution in [-0.2, 0) is 5.41 Å². The Kier molecular flexibility index (Phi) is 4.19. The quantitative estimate of drug-likeness (QED) is 0.658. The van der Waals surface area contributed by atoms with Crippen molar-refractivity contribution in [1.29, 1.82) is 0 Å². The third kappa shape index (κ3) is 2.98. The van der Waals surface area contributed by atoms with Gasteiger partial charge in [-0.3, -0.25) is 0 Å². The van der Waals surface area contributed by atoms with E-state index in [1.54, 1.807) is 18.4 Å². The van der Waals surface area contributed by atoms with E-state index in [0.29, 0.717) is 0 Å². The van der Waals surface area contributed by atoms with Gasteiger partial charge in [-0.1, -0.05) is 36.7 Å². The molecule has 0 aliphatic carbocycles. The number of hydrogen-bond acceptors (Lipinski definition) is 3. The lowest BCUT2D eigenvalue weighted by Gasteiger charge is -2.15. The average molecular weight is 345 g/mol. The topological polar surface area (TPSA) is 9.23 Å². The summed E-state index contributed by atoms with van der Waals surface area (Å²) in [5.41, 5.74) is 0.225. The van der Waals surface area contributed by atoms with Crippen LogP contribution in [0.4, 0.5) is 0 Å². The van der Waals surface area contributed by atoms with Crippen LogP contribution in [0.3, 0.4) is 0 Å². The lowest BCUT2D eigenvalue weighted by atomic mass is 9.95. The number of halogens is 1. The summed E-state index contributed by atoms with van der Waals surface area (Å²) in [4.78, 5) is 4.33. The molecule has 1 unspecified atom stereocenters. The molecule has 0 saturated carbocycles. The van der Waals surface area contributed by atoms with Crippen LogP contribution in [0, 0.1) is 0 Å². The van der Waals surface area contributed by atoms with Crippen LogP contribution >= 0.6 is 38.6 Å². The normalized spacial score (nSPS) is 13.6. The monoisotopic (exact) mass is 344 g/mol. The summed E-state index contributed by atoms with van der Waals surface area (Å²) in [6.07, 6.45) is 0. The summed E-state index contributed by atoms with van der Waals surface area (Å²) >= 11 is 7.39. The predicted molar refractivity (Wildman–Crippen MR) is 84.7 cm³/mol. The Hall–Kier alpha value is -0.320. The molecule has 0 saturated heterocycles. The Morgan fingerprint density at radius 2 is 1.94 bits per heavy atom.